The van der Waals surface area contributed by atoms with Crippen molar-refractivity contribution < 1.29 is 9.84 Å². The van der Waals surface area contributed by atoms with Crippen LogP contribution < -0.4 is 0 Å². The maximum Gasteiger partial charge on any atom is 0.217 e. The summed E-state index contributed by atoms with van der Waals surface area (Å²) in [5.74, 6) is 0. The summed E-state index contributed by atoms with van der Waals surface area (Å²) in [6, 6.07) is 0. The van der Waals surface area contributed by atoms with Gasteiger partial charge in [0.2, 0.25) is 6.29 Å². The van der Waals surface area contributed by atoms with Gasteiger partial charge in [0.15, 0.2) is 0 Å². The fraction of sp³-hybridized carbons (Fsp3) is 0.200. The molecule has 1 rings (SSSR count). The minimum atomic E-state index is -0.783. The summed E-state index contributed by atoms with van der Waals surface area (Å²) in [5.41, 5.74) is 0. The SMILES string of the molecule is OC1C=C(Br)C=CO1. The van der Waals surface area contributed by atoms with Gasteiger partial charge in [-0.3, -0.25) is 0 Å². The van der Waals surface area contributed by atoms with Crippen LogP contribution >= 0.6 is 15.9 Å². The fourth-order valence-corrected chi connectivity index (χ4v) is 0.750. The molecule has 0 radical (unpaired) electrons. The van der Waals surface area contributed by atoms with Crippen LogP contribution in [0.3, 0.4) is 0 Å². The third-order valence-electron chi connectivity index (χ3n) is 0.747. The van der Waals surface area contributed by atoms with Gasteiger partial charge in [-0.05, 0) is 12.2 Å². The van der Waals surface area contributed by atoms with Gasteiger partial charge in [-0.1, -0.05) is 15.9 Å². The molecule has 0 aromatic carbocycles. The highest BCUT2D eigenvalue weighted by Gasteiger charge is 2.01. The number of rotatable bonds is 0. The molecule has 0 aromatic heterocycles. The molecule has 1 atom stereocenters. The third kappa shape index (κ3) is 1.35. The van der Waals surface area contributed by atoms with E-state index in [4.69, 9.17) is 5.11 Å². The molecule has 0 aromatic rings. The van der Waals surface area contributed by atoms with E-state index >= 15 is 0 Å². The molecule has 0 saturated heterocycles. The third-order valence-corrected chi connectivity index (χ3v) is 1.28. The Morgan fingerprint density at radius 1 is 1.75 bits per heavy atom. The summed E-state index contributed by atoms with van der Waals surface area (Å²) < 4.78 is 5.46. The molecule has 3 heteroatoms. The molecule has 1 aliphatic heterocycles. The second-order valence-corrected chi connectivity index (χ2v) is 2.30. The summed E-state index contributed by atoms with van der Waals surface area (Å²) >= 11 is 3.16. The lowest BCUT2D eigenvalue weighted by Crippen LogP contribution is -2.06. The molecule has 1 unspecified atom stereocenters. The Labute approximate surface area is 55.6 Å². The molecule has 1 heterocycles. The van der Waals surface area contributed by atoms with E-state index in [9.17, 15) is 0 Å². The second kappa shape index (κ2) is 2.33. The van der Waals surface area contributed by atoms with E-state index in [1.807, 2.05) is 0 Å². The van der Waals surface area contributed by atoms with Gasteiger partial charge >= 0.3 is 0 Å². The molecular weight excluding hydrogens is 172 g/mol. The van der Waals surface area contributed by atoms with Gasteiger partial charge in [-0.25, -0.2) is 0 Å². The summed E-state index contributed by atoms with van der Waals surface area (Å²) in [6.45, 7) is 0. The quantitative estimate of drug-likeness (QED) is 0.600. The maximum absolute atomic E-state index is 8.70. The highest BCUT2D eigenvalue weighted by atomic mass is 79.9. The number of hydrogen-bond acceptors (Lipinski definition) is 2. The molecule has 2 nitrogen and oxygen atoms in total. The first-order valence-electron chi connectivity index (χ1n) is 2.16. The summed E-state index contributed by atoms with van der Waals surface area (Å²) in [7, 11) is 0. The molecule has 0 fully saturated rings. The van der Waals surface area contributed by atoms with E-state index in [0.29, 0.717) is 0 Å². The molecule has 0 bridgehead atoms. The smallest absolute Gasteiger partial charge is 0.217 e. The summed E-state index contributed by atoms with van der Waals surface area (Å²) in [6.07, 6.45) is 3.93. The largest absolute Gasteiger partial charge is 0.469 e. The number of ether oxygens (including phenoxy) is 1. The van der Waals surface area contributed by atoms with Gasteiger partial charge in [-0.2, -0.15) is 0 Å². The van der Waals surface area contributed by atoms with Crippen molar-refractivity contribution in [3.8, 4) is 0 Å². The van der Waals surface area contributed by atoms with Crippen LogP contribution in [-0.2, 0) is 4.74 Å². The molecular formula is C5H5BrO2. The zero-order chi connectivity index (χ0) is 5.98. The van der Waals surface area contributed by atoms with Crippen LogP contribution in [-0.4, -0.2) is 11.4 Å². The number of hydrogen-bond donors (Lipinski definition) is 1. The maximum atomic E-state index is 8.70. The first kappa shape index (κ1) is 5.85. The fourth-order valence-electron chi connectivity index (χ4n) is 0.416. The van der Waals surface area contributed by atoms with Crippen LogP contribution in [0.5, 0.6) is 0 Å². The van der Waals surface area contributed by atoms with Crippen molar-refractivity contribution in [2.75, 3.05) is 0 Å². The highest BCUT2D eigenvalue weighted by molar-refractivity contribution is 9.11. The lowest BCUT2D eigenvalue weighted by atomic mass is 10.4. The van der Waals surface area contributed by atoms with Gasteiger partial charge in [0.25, 0.3) is 0 Å². The van der Waals surface area contributed by atoms with E-state index in [0.717, 1.165) is 4.48 Å². The first-order valence-corrected chi connectivity index (χ1v) is 2.96. The van der Waals surface area contributed by atoms with Crippen molar-refractivity contribution >= 4 is 15.9 Å². The standard InChI is InChI=1S/C5H5BrO2/c6-4-1-2-8-5(7)3-4/h1-3,5,7H. The normalized spacial score (nSPS) is 26.8. The number of allylic oxidation sites excluding steroid dienone is 2. The van der Waals surface area contributed by atoms with E-state index in [1.54, 1.807) is 12.2 Å². The average molecular weight is 177 g/mol. The Morgan fingerprint density at radius 2 is 2.50 bits per heavy atom. The average Bonchev–Trinajstić information content (AvgIpc) is 1.64. The van der Waals surface area contributed by atoms with Gasteiger partial charge in [0, 0.05) is 4.48 Å². The van der Waals surface area contributed by atoms with Crippen molar-refractivity contribution in [1.82, 2.24) is 0 Å². The summed E-state index contributed by atoms with van der Waals surface area (Å²) in [4.78, 5) is 0. The van der Waals surface area contributed by atoms with Gasteiger partial charge in [0.05, 0.1) is 6.26 Å². The van der Waals surface area contributed by atoms with Crippen LogP contribution in [0.1, 0.15) is 0 Å². The van der Waals surface area contributed by atoms with Crippen LogP contribution in [0.25, 0.3) is 0 Å². The van der Waals surface area contributed by atoms with Crippen molar-refractivity contribution in [2.24, 2.45) is 0 Å². The zero-order valence-electron chi connectivity index (χ0n) is 4.04. The number of halogens is 1. The number of aliphatic hydroxyl groups excluding tert-OH is 1. The number of aliphatic hydroxyl groups is 1. The van der Waals surface area contributed by atoms with E-state index in [2.05, 4.69) is 20.7 Å². The lowest BCUT2D eigenvalue weighted by molar-refractivity contribution is -0.0134. The Kier molecular flexibility index (Phi) is 1.70. The van der Waals surface area contributed by atoms with Crippen molar-refractivity contribution in [2.45, 2.75) is 6.29 Å². The molecule has 0 saturated carbocycles. The van der Waals surface area contributed by atoms with Crippen LogP contribution in [0, 0.1) is 0 Å². The van der Waals surface area contributed by atoms with Crippen LogP contribution in [0.2, 0.25) is 0 Å². The Bertz CT molecular complexity index is 139. The van der Waals surface area contributed by atoms with Gasteiger partial charge < -0.3 is 9.84 Å². The highest BCUT2D eigenvalue weighted by Crippen LogP contribution is 2.12. The molecule has 8 heavy (non-hydrogen) atoms. The first-order chi connectivity index (χ1) is 3.79. The van der Waals surface area contributed by atoms with E-state index in [-0.39, 0.29) is 0 Å². The van der Waals surface area contributed by atoms with Crippen molar-refractivity contribution in [3.63, 3.8) is 0 Å². The summed E-state index contributed by atoms with van der Waals surface area (Å²) in [5, 5.41) is 8.70. The Balaban J connectivity index is 2.63. The lowest BCUT2D eigenvalue weighted by Gasteiger charge is -2.08. The molecule has 1 N–H and O–H groups in total. The zero-order valence-corrected chi connectivity index (χ0v) is 5.63. The second-order valence-electron chi connectivity index (χ2n) is 1.38. The molecule has 44 valence electrons. The molecule has 1 aliphatic rings. The predicted octanol–water partition coefficient (Wildman–Crippen LogP) is 1.13. The molecule has 0 spiro atoms. The monoisotopic (exact) mass is 176 g/mol. The van der Waals surface area contributed by atoms with Gasteiger partial charge in [0.1, 0.15) is 0 Å². The topological polar surface area (TPSA) is 29.5 Å². The van der Waals surface area contributed by atoms with E-state index < -0.39 is 6.29 Å². The minimum Gasteiger partial charge on any atom is -0.469 e. The van der Waals surface area contributed by atoms with Crippen molar-refractivity contribution in [3.05, 3.63) is 22.9 Å². The molecule has 0 amide bonds. The van der Waals surface area contributed by atoms with Gasteiger partial charge in [-0.15, -0.1) is 0 Å². The Morgan fingerprint density at radius 3 is 2.88 bits per heavy atom. The Hall–Kier alpha value is -0.280. The van der Waals surface area contributed by atoms with Crippen molar-refractivity contribution in [1.29, 1.82) is 0 Å². The van der Waals surface area contributed by atoms with Crippen LogP contribution in [0.4, 0.5) is 0 Å². The minimum absolute atomic E-state index is 0.783. The van der Waals surface area contributed by atoms with Crippen LogP contribution in [0.15, 0.2) is 22.9 Å². The van der Waals surface area contributed by atoms with E-state index in [1.165, 1.54) is 6.26 Å². The predicted molar refractivity (Wildman–Crippen MR) is 33.2 cm³/mol. The molecule has 0 aliphatic carbocycles.